The number of carbonyl (C=O) groups is 1. The number of halogens is 6. The van der Waals surface area contributed by atoms with Crippen LogP contribution < -0.4 is 4.74 Å². The molecule has 0 saturated heterocycles. The van der Waals surface area contributed by atoms with Crippen LogP contribution in [-0.2, 0) is 4.79 Å². The van der Waals surface area contributed by atoms with E-state index in [2.05, 4.69) is 24.8 Å². The Labute approximate surface area is 122 Å². The maximum Gasteiger partial charge on any atom is 0.426 e. The fourth-order valence-corrected chi connectivity index (χ4v) is 1.31. The van der Waals surface area contributed by atoms with Crippen molar-refractivity contribution in [3.63, 3.8) is 0 Å². The van der Waals surface area contributed by atoms with Crippen LogP contribution in [0.4, 0.5) is 26.3 Å². The minimum atomic E-state index is -5.93. The Morgan fingerprint density at radius 1 is 1.17 bits per heavy atom. The van der Waals surface area contributed by atoms with Crippen molar-refractivity contribution in [3.8, 4) is 11.7 Å². The fourth-order valence-electron chi connectivity index (χ4n) is 1.31. The maximum atomic E-state index is 13.1. The van der Waals surface area contributed by atoms with Gasteiger partial charge in [-0.05, 0) is 0 Å². The van der Waals surface area contributed by atoms with Crippen LogP contribution in [0.2, 0.25) is 0 Å². The van der Waals surface area contributed by atoms with Gasteiger partial charge in [0.15, 0.2) is 5.82 Å². The van der Waals surface area contributed by atoms with Gasteiger partial charge in [0.25, 0.3) is 6.17 Å². The summed E-state index contributed by atoms with van der Waals surface area (Å²) < 4.78 is 79.9. The van der Waals surface area contributed by atoms with Gasteiger partial charge in [-0.25, -0.2) is 28.8 Å². The predicted molar refractivity (Wildman–Crippen MR) is 58.5 cm³/mol. The molecule has 23 heavy (non-hydrogen) atoms. The molecule has 2 rings (SSSR count). The van der Waals surface area contributed by atoms with Crippen molar-refractivity contribution in [2.75, 3.05) is 0 Å². The van der Waals surface area contributed by atoms with Gasteiger partial charge in [-0.15, -0.1) is 0 Å². The van der Waals surface area contributed by atoms with Crippen LogP contribution in [0.3, 0.4) is 0 Å². The Hall–Kier alpha value is -2.73. The summed E-state index contributed by atoms with van der Waals surface area (Å²) in [5.74, 6) is -9.07. The molecule has 1 atom stereocenters. The molecule has 2 aromatic rings. The second-order valence-corrected chi connectivity index (χ2v) is 3.97. The van der Waals surface area contributed by atoms with Gasteiger partial charge in [-0.2, -0.15) is 27.1 Å². The molecule has 13 heteroatoms. The van der Waals surface area contributed by atoms with Crippen LogP contribution in [0.5, 0.6) is 5.88 Å². The smallest absolute Gasteiger partial charge is 0.403 e. The summed E-state index contributed by atoms with van der Waals surface area (Å²) in [6, 6.07) is 0.823. The van der Waals surface area contributed by atoms with Crippen molar-refractivity contribution in [3.05, 3.63) is 25.0 Å². The van der Waals surface area contributed by atoms with Crippen LogP contribution in [0.15, 0.2) is 25.0 Å². The van der Waals surface area contributed by atoms with Gasteiger partial charge in [0, 0.05) is 6.07 Å². The minimum absolute atomic E-state index is 0.0729. The first kappa shape index (κ1) is 16.6. The molecule has 0 fully saturated rings. The summed E-state index contributed by atoms with van der Waals surface area (Å²) in [4.78, 5) is 21.6. The standard InChI is InChI=1S/C10H5F6N5O2/c11-7(10(14,15)16)9(12,13)8(22)23-6-1-5(18-3-19-6)21-4-17-2-20-21/h1-4,7H. The number of rotatable bonds is 4. The summed E-state index contributed by atoms with van der Waals surface area (Å²) in [7, 11) is 0. The summed E-state index contributed by atoms with van der Waals surface area (Å²) in [5, 5.41) is 3.63. The van der Waals surface area contributed by atoms with E-state index in [1.807, 2.05) is 0 Å². The van der Waals surface area contributed by atoms with E-state index in [1.165, 1.54) is 0 Å². The van der Waals surface area contributed by atoms with E-state index in [-0.39, 0.29) is 5.82 Å². The lowest BCUT2D eigenvalue weighted by Crippen LogP contribution is -2.49. The lowest BCUT2D eigenvalue weighted by Gasteiger charge is -2.20. The number of aromatic nitrogens is 5. The Balaban J connectivity index is 2.19. The van der Waals surface area contributed by atoms with Crippen LogP contribution in [0.25, 0.3) is 5.82 Å². The van der Waals surface area contributed by atoms with E-state index in [0.29, 0.717) is 0 Å². The number of ether oxygens (including phenoxy) is 1. The monoisotopic (exact) mass is 341 g/mol. The summed E-state index contributed by atoms with van der Waals surface area (Å²) in [6.45, 7) is 0. The van der Waals surface area contributed by atoms with Gasteiger partial charge < -0.3 is 4.74 Å². The molecular weight excluding hydrogens is 336 g/mol. The van der Waals surface area contributed by atoms with Crippen molar-refractivity contribution in [1.82, 2.24) is 24.7 Å². The van der Waals surface area contributed by atoms with E-state index >= 15 is 0 Å². The first-order valence-electron chi connectivity index (χ1n) is 5.60. The number of hydrogen-bond acceptors (Lipinski definition) is 6. The highest BCUT2D eigenvalue weighted by Crippen LogP contribution is 2.35. The highest BCUT2D eigenvalue weighted by Gasteiger charge is 2.62. The zero-order valence-corrected chi connectivity index (χ0v) is 10.7. The number of esters is 1. The second kappa shape index (κ2) is 5.81. The molecule has 2 heterocycles. The first-order chi connectivity index (χ1) is 10.6. The average molecular weight is 341 g/mol. The van der Waals surface area contributed by atoms with Gasteiger partial charge >= 0.3 is 18.1 Å². The second-order valence-electron chi connectivity index (χ2n) is 3.97. The van der Waals surface area contributed by atoms with Crippen molar-refractivity contribution < 1.29 is 35.9 Å². The molecule has 0 aromatic carbocycles. The summed E-state index contributed by atoms with van der Waals surface area (Å²) >= 11 is 0. The molecule has 1 unspecified atom stereocenters. The van der Waals surface area contributed by atoms with E-state index in [9.17, 15) is 31.1 Å². The molecule has 0 aliphatic rings. The molecule has 0 aliphatic carbocycles. The zero-order chi connectivity index (χ0) is 17.3. The van der Waals surface area contributed by atoms with Crippen LogP contribution >= 0.6 is 0 Å². The highest BCUT2D eigenvalue weighted by atomic mass is 19.4. The van der Waals surface area contributed by atoms with Crippen molar-refractivity contribution in [2.24, 2.45) is 0 Å². The van der Waals surface area contributed by atoms with Gasteiger partial charge in [0.2, 0.25) is 5.88 Å². The third kappa shape index (κ3) is 3.54. The number of nitrogens with zero attached hydrogens (tertiary/aromatic N) is 5. The average Bonchev–Trinajstić information content (AvgIpc) is 3.00. The van der Waals surface area contributed by atoms with Crippen molar-refractivity contribution >= 4 is 5.97 Å². The molecule has 124 valence electrons. The third-order valence-corrected chi connectivity index (χ3v) is 2.36. The lowest BCUT2D eigenvalue weighted by atomic mass is 10.2. The van der Waals surface area contributed by atoms with Gasteiger partial charge in [0.05, 0.1) is 0 Å². The molecular formula is C10H5F6N5O2. The maximum absolute atomic E-state index is 13.1. The molecule has 0 spiro atoms. The molecule has 0 N–H and O–H groups in total. The molecule has 0 saturated carbocycles. The normalized spacial score (nSPS) is 13.7. The van der Waals surface area contributed by atoms with Gasteiger partial charge in [-0.1, -0.05) is 0 Å². The summed E-state index contributed by atoms with van der Waals surface area (Å²) in [6.07, 6.45) is -7.60. The van der Waals surface area contributed by atoms with E-state index < -0.39 is 30.1 Å². The fraction of sp³-hybridized carbons (Fsp3) is 0.300. The van der Waals surface area contributed by atoms with Crippen molar-refractivity contribution in [1.29, 1.82) is 0 Å². The molecule has 0 radical (unpaired) electrons. The van der Waals surface area contributed by atoms with Crippen molar-refractivity contribution in [2.45, 2.75) is 18.3 Å². The van der Waals surface area contributed by atoms with E-state index in [4.69, 9.17) is 0 Å². The predicted octanol–water partition coefficient (Wildman–Crippen LogP) is 1.50. The van der Waals surface area contributed by atoms with E-state index in [0.717, 1.165) is 29.7 Å². The third-order valence-electron chi connectivity index (χ3n) is 2.36. The Kier molecular flexibility index (Phi) is 4.20. The van der Waals surface area contributed by atoms with Crippen LogP contribution in [-0.4, -0.2) is 49.0 Å². The molecule has 0 aliphatic heterocycles. The Bertz CT molecular complexity index is 689. The molecule has 0 amide bonds. The Morgan fingerprint density at radius 2 is 1.87 bits per heavy atom. The van der Waals surface area contributed by atoms with Crippen LogP contribution in [0, 0.1) is 0 Å². The highest BCUT2D eigenvalue weighted by molar-refractivity contribution is 5.80. The lowest BCUT2D eigenvalue weighted by molar-refractivity contribution is -0.246. The largest absolute Gasteiger partial charge is 0.426 e. The topological polar surface area (TPSA) is 82.8 Å². The quantitative estimate of drug-likeness (QED) is 0.619. The number of alkyl halides is 6. The molecule has 0 bridgehead atoms. The zero-order valence-electron chi connectivity index (χ0n) is 10.7. The first-order valence-corrected chi connectivity index (χ1v) is 5.60. The minimum Gasteiger partial charge on any atom is -0.403 e. The van der Waals surface area contributed by atoms with Gasteiger partial charge in [0.1, 0.15) is 19.0 Å². The van der Waals surface area contributed by atoms with E-state index in [1.54, 1.807) is 0 Å². The van der Waals surface area contributed by atoms with Crippen LogP contribution in [0.1, 0.15) is 0 Å². The number of carbonyl (C=O) groups excluding carboxylic acids is 1. The molecule has 7 nitrogen and oxygen atoms in total. The number of hydrogen-bond donors (Lipinski definition) is 0. The Morgan fingerprint density at radius 3 is 2.43 bits per heavy atom. The summed E-state index contributed by atoms with van der Waals surface area (Å²) in [5.41, 5.74) is 0. The van der Waals surface area contributed by atoms with Gasteiger partial charge in [-0.3, -0.25) is 0 Å². The SMILES string of the molecule is O=C(Oc1cc(-n2cncn2)ncn1)C(F)(F)C(F)C(F)(F)F. The molecule has 2 aromatic heterocycles.